The number of fused-ring (bicyclic) bond motifs is 1. The summed E-state index contributed by atoms with van der Waals surface area (Å²) in [6.07, 6.45) is 0.570. The average molecular weight is 305 g/mol. The lowest BCUT2D eigenvalue weighted by molar-refractivity contribution is -0.149. The monoisotopic (exact) mass is 305 g/mol. The van der Waals surface area contributed by atoms with Crippen molar-refractivity contribution in [3.63, 3.8) is 0 Å². The Bertz CT molecular complexity index is 574. The minimum atomic E-state index is -1.21. The molecular formula is C16H23N3O3. The van der Waals surface area contributed by atoms with Gasteiger partial charge in [0.1, 0.15) is 0 Å². The molecule has 2 amide bonds. The number of rotatable bonds is 2. The van der Waals surface area contributed by atoms with Crippen LogP contribution >= 0.6 is 0 Å². The highest BCUT2D eigenvalue weighted by Crippen LogP contribution is 2.29. The highest BCUT2D eigenvalue weighted by Gasteiger charge is 2.38. The molecule has 1 aliphatic rings. The second-order valence-electron chi connectivity index (χ2n) is 5.98. The number of anilines is 1. The minimum Gasteiger partial charge on any atom is -0.365 e. The number of nitrogens with two attached hydrogens (primary N) is 1. The van der Waals surface area contributed by atoms with Crippen LogP contribution in [0.25, 0.3) is 0 Å². The van der Waals surface area contributed by atoms with Gasteiger partial charge in [0.05, 0.1) is 6.42 Å². The molecule has 0 radical (unpaired) electrons. The number of nitrogens with zero attached hydrogens (tertiary/aromatic N) is 1. The molecule has 1 aromatic rings. The Hall–Kier alpha value is -1.92. The van der Waals surface area contributed by atoms with Crippen LogP contribution in [-0.2, 0) is 14.3 Å². The number of amides is 2. The Labute approximate surface area is 130 Å². The number of hydrogen-bond acceptors (Lipinski definition) is 4. The van der Waals surface area contributed by atoms with E-state index in [1.165, 1.54) is 4.90 Å². The first-order chi connectivity index (χ1) is 10.3. The van der Waals surface area contributed by atoms with E-state index in [2.05, 4.69) is 5.32 Å². The van der Waals surface area contributed by atoms with E-state index in [-0.39, 0.29) is 24.3 Å². The fourth-order valence-corrected chi connectivity index (χ4v) is 2.40. The molecule has 6 heteroatoms. The molecule has 120 valence electrons. The lowest BCUT2D eigenvalue weighted by atomic mass is 9.99. The maximum atomic E-state index is 12.6. The molecule has 3 N–H and O–H groups in total. The summed E-state index contributed by atoms with van der Waals surface area (Å²) >= 11 is 0. The van der Waals surface area contributed by atoms with Crippen LogP contribution in [0, 0.1) is 0 Å². The van der Waals surface area contributed by atoms with Crippen LogP contribution in [0.2, 0.25) is 0 Å². The molecule has 2 rings (SSSR count). The van der Waals surface area contributed by atoms with E-state index in [9.17, 15) is 9.59 Å². The molecule has 1 aliphatic heterocycles. The molecule has 0 bridgehead atoms. The van der Waals surface area contributed by atoms with Crippen LogP contribution in [0.15, 0.2) is 24.3 Å². The Morgan fingerprint density at radius 1 is 1.45 bits per heavy atom. The van der Waals surface area contributed by atoms with Crippen molar-refractivity contribution in [3.05, 3.63) is 29.8 Å². The summed E-state index contributed by atoms with van der Waals surface area (Å²) in [7, 11) is 3.31. The standard InChI is InChI=1S/C16H23N3O3/c1-16(10-14(20)19(2)3)15(21)18-13-7-5-4-6-11(13)12(17)8-9-22-16/h4-7,12H,8-10,17H2,1-3H3,(H,18,21). The molecular weight excluding hydrogens is 282 g/mol. The molecule has 0 fully saturated rings. The van der Waals surface area contributed by atoms with Gasteiger partial charge < -0.3 is 20.7 Å². The summed E-state index contributed by atoms with van der Waals surface area (Å²) in [6, 6.07) is 7.22. The van der Waals surface area contributed by atoms with Gasteiger partial charge in [-0.15, -0.1) is 0 Å². The zero-order valence-electron chi connectivity index (χ0n) is 13.3. The van der Waals surface area contributed by atoms with Gasteiger partial charge in [0.25, 0.3) is 5.91 Å². The van der Waals surface area contributed by atoms with Crippen molar-refractivity contribution in [2.24, 2.45) is 5.73 Å². The lowest BCUT2D eigenvalue weighted by Gasteiger charge is -2.28. The number of carbonyl (C=O) groups excluding carboxylic acids is 2. The highest BCUT2D eigenvalue weighted by molar-refractivity contribution is 6.00. The number of ether oxygens (including phenoxy) is 1. The van der Waals surface area contributed by atoms with Gasteiger partial charge >= 0.3 is 0 Å². The number of benzene rings is 1. The van der Waals surface area contributed by atoms with E-state index < -0.39 is 5.60 Å². The van der Waals surface area contributed by atoms with Crippen molar-refractivity contribution in [2.45, 2.75) is 31.4 Å². The van der Waals surface area contributed by atoms with Crippen molar-refractivity contribution in [2.75, 3.05) is 26.0 Å². The molecule has 1 heterocycles. The Balaban J connectivity index is 2.30. The summed E-state index contributed by atoms with van der Waals surface area (Å²) in [5.74, 6) is -0.487. The topological polar surface area (TPSA) is 84.7 Å². The average Bonchev–Trinajstić information content (AvgIpc) is 2.50. The van der Waals surface area contributed by atoms with E-state index in [1.54, 1.807) is 21.0 Å². The molecule has 2 unspecified atom stereocenters. The summed E-state index contributed by atoms with van der Waals surface area (Å²) in [6.45, 7) is 1.96. The maximum absolute atomic E-state index is 12.6. The van der Waals surface area contributed by atoms with Gasteiger partial charge in [-0.25, -0.2) is 0 Å². The zero-order valence-corrected chi connectivity index (χ0v) is 13.3. The van der Waals surface area contributed by atoms with Gasteiger partial charge in [0.15, 0.2) is 5.60 Å². The van der Waals surface area contributed by atoms with E-state index in [0.717, 1.165) is 5.56 Å². The van der Waals surface area contributed by atoms with E-state index in [1.807, 2.05) is 24.3 Å². The first-order valence-electron chi connectivity index (χ1n) is 7.33. The van der Waals surface area contributed by atoms with Gasteiger partial charge in [0.2, 0.25) is 5.91 Å². The third-order valence-electron chi connectivity index (χ3n) is 3.93. The number of para-hydroxylation sites is 1. The van der Waals surface area contributed by atoms with E-state index in [0.29, 0.717) is 18.7 Å². The van der Waals surface area contributed by atoms with Crippen molar-refractivity contribution in [1.29, 1.82) is 0 Å². The van der Waals surface area contributed by atoms with Gasteiger partial charge in [-0.2, -0.15) is 0 Å². The zero-order chi connectivity index (χ0) is 16.3. The molecule has 0 aromatic heterocycles. The Morgan fingerprint density at radius 3 is 2.82 bits per heavy atom. The maximum Gasteiger partial charge on any atom is 0.256 e. The smallest absolute Gasteiger partial charge is 0.256 e. The van der Waals surface area contributed by atoms with E-state index in [4.69, 9.17) is 10.5 Å². The molecule has 0 aliphatic carbocycles. The second kappa shape index (κ2) is 6.46. The van der Waals surface area contributed by atoms with Gasteiger partial charge in [0, 0.05) is 32.4 Å². The minimum absolute atomic E-state index is 0.0107. The van der Waals surface area contributed by atoms with Gasteiger partial charge in [-0.05, 0) is 25.0 Å². The summed E-state index contributed by atoms with van der Waals surface area (Å²) in [5, 5.41) is 2.85. The largest absolute Gasteiger partial charge is 0.365 e. The molecule has 2 atom stereocenters. The van der Waals surface area contributed by atoms with Crippen molar-refractivity contribution < 1.29 is 14.3 Å². The molecule has 6 nitrogen and oxygen atoms in total. The van der Waals surface area contributed by atoms with Gasteiger partial charge in [-0.1, -0.05) is 18.2 Å². The fourth-order valence-electron chi connectivity index (χ4n) is 2.40. The van der Waals surface area contributed by atoms with Crippen molar-refractivity contribution in [1.82, 2.24) is 4.90 Å². The molecule has 0 saturated heterocycles. The van der Waals surface area contributed by atoms with Crippen molar-refractivity contribution in [3.8, 4) is 0 Å². The molecule has 1 aromatic carbocycles. The van der Waals surface area contributed by atoms with Crippen LogP contribution in [0.3, 0.4) is 0 Å². The first-order valence-corrected chi connectivity index (χ1v) is 7.33. The SMILES string of the molecule is CN(C)C(=O)CC1(C)OCCC(N)c2ccccc2NC1=O. The summed E-state index contributed by atoms with van der Waals surface area (Å²) < 4.78 is 5.75. The molecule has 0 spiro atoms. The number of carbonyl (C=O) groups is 2. The number of hydrogen-bond donors (Lipinski definition) is 2. The van der Waals surface area contributed by atoms with E-state index >= 15 is 0 Å². The molecule has 22 heavy (non-hydrogen) atoms. The quantitative estimate of drug-likeness (QED) is 0.862. The van der Waals surface area contributed by atoms with Gasteiger partial charge in [-0.3, -0.25) is 9.59 Å². The fraction of sp³-hybridized carbons (Fsp3) is 0.500. The van der Waals surface area contributed by atoms with Crippen LogP contribution in [-0.4, -0.2) is 43.0 Å². The summed E-state index contributed by atoms with van der Waals surface area (Å²) in [5.41, 5.74) is 6.50. The van der Waals surface area contributed by atoms with Crippen LogP contribution in [0.4, 0.5) is 5.69 Å². The van der Waals surface area contributed by atoms with Crippen molar-refractivity contribution >= 4 is 17.5 Å². The number of nitrogens with one attached hydrogen (secondary N) is 1. The predicted molar refractivity (Wildman–Crippen MR) is 84.3 cm³/mol. The summed E-state index contributed by atoms with van der Waals surface area (Å²) in [4.78, 5) is 26.1. The predicted octanol–water partition coefficient (Wildman–Crippen LogP) is 1.28. The Morgan fingerprint density at radius 2 is 2.14 bits per heavy atom. The first kappa shape index (κ1) is 16.5. The van der Waals surface area contributed by atoms with Crippen LogP contribution in [0.1, 0.15) is 31.4 Å². The third kappa shape index (κ3) is 3.45. The second-order valence-corrected chi connectivity index (χ2v) is 5.98. The molecule has 0 saturated carbocycles. The van der Waals surface area contributed by atoms with Crippen LogP contribution in [0.5, 0.6) is 0 Å². The lowest BCUT2D eigenvalue weighted by Crippen LogP contribution is -2.46. The normalized spacial score (nSPS) is 25.3. The Kier molecular flexibility index (Phi) is 4.83. The van der Waals surface area contributed by atoms with Crippen LogP contribution < -0.4 is 11.1 Å². The highest BCUT2D eigenvalue weighted by atomic mass is 16.5. The third-order valence-corrected chi connectivity index (χ3v) is 3.93.